The molecule has 0 aliphatic heterocycles. The van der Waals surface area contributed by atoms with Gasteiger partial charge in [0.25, 0.3) is 0 Å². The Labute approximate surface area is 124 Å². The fourth-order valence-corrected chi connectivity index (χ4v) is 2.10. The minimum atomic E-state index is -0.402. The molecule has 0 heterocycles. The Morgan fingerprint density at radius 2 is 2.19 bits per heavy atom. The van der Waals surface area contributed by atoms with Crippen molar-refractivity contribution in [1.82, 2.24) is 4.90 Å². The maximum atomic E-state index is 13.3. The van der Waals surface area contributed by atoms with Gasteiger partial charge in [0, 0.05) is 18.7 Å². The molecule has 5 heteroatoms. The average molecular weight is 292 g/mol. The van der Waals surface area contributed by atoms with Crippen molar-refractivity contribution in [1.29, 1.82) is 0 Å². The van der Waals surface area contributed by atoms with E-state index in [2.05, 4.69) is 11.8 Å². The molecular weight excluding hydrogens is 271 g/mol. The second-order valence-electron chi connectivity index (χ2n) is 5.29. The molecule has 1 rings (SSSR count). The quantitative estimate of drug-likeness (QED) is 0.772. The van der Waals surface area contributed by atoms with Crippen LogP contribution in [0.3, 0.4) is 0 Å². The summed E-state index contributed by atoms with van der Waals surface area (Å²) in [6.07, 6.45) is 0. The monoisotopic (exact) mass is 292 g/mol. The Hall–Kier alpha value is -1.90. The summed E-state index contributed by atoms with van der Waals surface area (Å²) < 4.78 is 13.3. The summed E-state index contributed by atoms with van der Waals surface area (Å²) >= 11 is 0. The van der Waals surface area contributed by atoms with E-state index in [1.807, 2.05) is 18.7 Å². The van der Waals surface area contributed by atoms with Gasteiger partial charge in [0.1, 0.15) is 12.4 Å². The third kappa shape index (κ3) is 6.39. The number of rotatable bonds is 6. The Kier molecular flexibility index (Phi) is 6.86. The molecule has 21 heavy (non-hydrogen) atoms. The Bertz CT molecular complexity index is 547. The maximum absolute atomic E-state index is 13.3. The zero-order valence-corrected chi connectivity index (χ0v) is 12.4. The fourth-order valence-electron chi connectivity index (χ4n) is 2.10. The van der Waals surface area contributed by atoms with Crippen LogP contribution in [0.1, 0.15) is 25.0 Å². The van der Waals surface area contributed by atoms with Crippen molar-refractivity contribution in [3.63, 3.8) is 0 Å². The SMILES string of the molecule is CC(C)CN(CC(N)=O)Cc1ccc(F)cc1C#CCO. The number of hydrogen-bond donors (Lipinski definition) is 2. The highest BCUT2D eigenvalue weighted by atomic mass is 19.1. The summed E-state index contributed by atoms with van der Waals surface area (Å²) in [6, 6.07) is 4.33. The smallest absolute Gasteiger partial charge is 0.231 e. The number of nitrogens with two attached hydrogens (primary N) is 1. The van der Waals surface area contributed by atoms with Gasteiger partial charge in [-0.25, -0.2) is 4.39 Å². The van der Waals surface area contributed by atoms with Crippen molar-refractivity contribution in [3.05, 3.63) is 35.1 Å². The average Bonchev–Trinajstić information content (AvgIpc) is 2.37. The number of hydrogen-bond acceptors (Lipinski definition) is 3. The minimum Gasteiger partial charge on any atom is -0.384 e. The van der Waals surface area contributed by atoms with E-state index in [1.165, 1.54) is 12.1 Å². The summed E-state index contributed by atoms with van der Waals surface area (Å²) in [5.74, 6) is 4.84. The van der Waals surface area contributed by atoms with E-state index in [-0.39, 0.29) is 19.0 Å². The van der Waals surface area contributed by atoms with Crippen molar-refractivity contribution < 1.29 is 14.3 Å². The van der Waals surface area contributed by atoms with Crippen molar-refractivity contribution >= 4 is 5.91 Å². The molecule has 4 nitrogen and oxygen atoms in total. The molecular formula is C16H21FN2O2. The fraction of sp³-hybridized carbons (Fsp3) is 0.438. The number of amides is 1. The predicted octanol–water partition coefficient (Wildman–Crippen LogP) is 1.11. The number of primary amides is 1. The predicted molar refractivity (Wildman–Crippen MR) is 79.7 cm³/mol. The largest absolute Gasteiger partial charge is 0.384 e. The molecule has 0 radical (unpaired) electrons. The van der Waals surface area contributed by atoms with Crippen LogP contribution >= 0.6 is 0 Å². The summed E-state index contributed by atoms with van der Waals surface area (Å²) in [7, 11) is 0. The van der Waals surface area contributed by atoms with Gasteiger partial charge in [-0.15, -0.1) is 0 Å². The summed E-state index contributed by atoms with van der Waals surface area (Å²) in [5, 5.41) is 8.77. The zero-order valence-electron chi connectivity index (χ0n) is 12.4. The Morgan fingerprint density at radius 1 is 1.48 bits per heavy atom. The first-order valence-electron chi connectivity index (χ1n) is 6.81. The molecule has 0 aromatic heterocycles. The maximum Gasteiger partial charge on any atom is 0.231 e. The van der Waals surface area contributed by atoms with Gasteiger partial charge in [-0.05, 0) is 23.6 Å². The van der Waals surface area contributed by atoms with Crippen LogP contribution in [-0.2, 0) is 11.3 Å². The number of aliphatic hydroxyl groups is 1. The normalized spacial score (nSPS) is 10.6. The van der Waals surface area contributed by atoms with Crippen LogP contribution in [-0.4, -0.2) is 35.6 Å². The van der Waals surface area contributed by atoms with Crippen molar-refractivity contribution in [3.8, 4) is 11.8 Å². The van der Waals surface area contributed by atoms with Crippen LogP contribution in [0, 0.1) is 23.6 Å². The van der Waals surface area contributed by atoms with E-state index in [0.717, 1.165) is 5.56 Å². The second-order valence-corrected chi connectivity index (χ2v) is 5.29. The first-order chi connectivity index (χ1) is 9.92. The van der Waals surface area contributed by atoms with Gasteiger partial charge in [-0.1, -0.05) is 31.8 Å². The molecule has 0 fully saturated rings. The molecule has 0 aliphatic carbocycles. The van der Waals surface area contributed by atoms with E-state index in [1.54, 1.807) is 6.07 Å². The van der Waals surface area contributed by atoms with Crippen LogP contribution in [0.4, 0.5) is 4.39 Å². The first-order valence-corrected chi connectivity index (χ1v) is 6.81. The van der Waals surface area contributed by atoms with E-state index in [4.69, 9.17) is 10.8 Å². The molecule has 0 unspecified atom stereocenters. The summed E-state index contributed by atoms with van der Waals surface area (Å²) in [6.45, 7) is 5.11. The van der Waals surface area contributed by atoms with Crippen molar-refractivity contribution in [2.45, 2.75) is 20.4 Å². The van der Waals surface area contributed by atoms with Gasteiger partial charge in [0.15, 0.2) is 0 Å². The number of carbonyl (C=O) groups is 1. The van der Waals surface area contributed by atoms with Crippen LogP contribution in [0.5, 0.6) is 0 Å². The van der Waals surface area contributed by atoms with Crippen LogP contribution < -0.4 is 5.73 Å². The summed E-state index contributed by atoms with van der Waals surface area (Å²) in [5.41, 5.74) is 6.58. The highest BCUT2D eigenvalue weighted by Crippen LogP contribution is 2.14. The van der Waals surface area contributed by atoms with E-state index < -0.39 is 5.91 Å². The molecule has 0 saturated carbocycles. The van der Waals surface area contributed by atoms with Gasteiger partial charge in [0.05, 0.1) is 6.54 Å². The number of benzene rings is 1. The standard InChI is InChI=1S/C16H21FN2O2/c1-12(2)9-19(11-16(18)21)10-14-5-6-15(17)8-13(14)4-3-7-20/h5-6,8,12,20H,7,9-11H2,1-2H3,(H2,18,21). The number of nitrogens with zero attached hydrogens (tertiary/aromatic N) is 1. The lowest BCUT2D eigenvalue weighted by molar-refractivity contribution is -0.119. The summed E-state index contributed by atoms with van der Waals surface area (Å²) in [4.78, 5) is 13.1. The van der Waals surface area contributed by atoms with Gasteiger partial charge in [-0.3, -0.25) is 9.69 Å². The van der Waals surface area contributed by atoms with Crippen LogP contribution in [0.15, 0.2) is 18.2 Å². The topological polar surface area (TPSA) is 66.6 Å². The lowest BCUT2D eigenvalue weighted by Gasteiger charge is -2.23. The molecule has 0 atom stereocenters. The lowest BCUT2D eigenvalue weighted by atomic mass is 10.1. The van der Waals surface area contributed by atoms with Crippen LogP contribution in [0.25, 0.3) is 0 Å². The highest BCUT2D eigenvalue weighted by molar-refractivity contribution is 5.75. The minimum absolute atomic E-state index is 0.141. The molecule has 0 bridgehead atoms. The molecule has 0 aliphatic rings. The van der Waals surface area contributed by atoms with E-state index in [0.29, 0.717) is 24.6 Å². The molecule has 1 aromatic rings. The van der Waals surface area contributed by atoms with Gasteiger partial charge >= 0.3 is 0 Å². The molecule has 1 amide bonds. The zero-order chi connectivity index (χ0) is 15.8. The van der Waals surface area contributed by atoms with Gasteiger partial charge in [0.2, 0.25) is 5.91 Å². The highest BCUT2D eigenvalue weighted by Gasteiger charge is 2.13. The first kappa shape index (κ1) is 17.2. The van der Waals surface area contributed by atoms with E-state index in [9.17, 15) is 9.18 Å². The molecule has 0 saturated heterocycles. The third-order valence-corrected chi connectivity index (χ3v) is 2.77. The molecule has 0 spiro atoms. The van der Waals surface area contributed by atoms with Crippen molar-refractivity contribution in [2.24, 2.45) is 11.7 Å². The number of aliphatic hydroxyl groups excluding tert-OH is 1. The molecule has 1 aromatic carbocycles. The van der Waals surface area contributed by atoms with Crippen molar-refractivity contribution in [2.75, 3.05) is 19.7 Å². The third-order valence-electron chi connectivity index (χ3n) is 2.77. The molecule has 3 N–H and O–H groups in total. The van der Waals surface area contributed by atoms with E-state index >= 15 is 0 Å². The van der Waals surface area contributed by atoms with Gasteiger partial charge < -0.3 is 10.8 Å². The second kappa shape index (κ2) is 8.40. The number of carbonyl (C=O) groups excluding carboxylic acids is 1. The lowest BCUT2D eigenvalue weighted by Crippen LogP contribution is -2.36. The van der Waals surface area contributed by atoms with Crippen LogP contribution in [0.2, 0.25) is 0 Å². The molecule has 114 valence electrons. The Balaban J connectivity index is 2.98. The Morgan fingerprint density at radius 3 is 2.76 bits per heavy atom. The van der Waals surface area contributed by atoms with Gasteiger partial charge in [-0.2, -0.15) is 0 Å². The number of halogens is 1.